The van der Waals surface area contributed by atoms with E-state index in [4.69, 9.17) is 0 Å². The average molecular weight is 242 g/mol. The summed E-state index contributed by atoms with van der Waals surface area (Å²) in [5.41, 5.74) is -0.332. The SMILES string of the molecule is CCC1(C)NC(C)N(C2CCCSC2)C1=O. The zero-order valence-electron chi connectivity index (χ0n) is 10.5. The first-order valence-electron chi connectivity index (χ1n) is 6.26. The second kappa shape index (κ2) is 4.57. The standard InChI is InChI=1S/C12H22N2OS/c1-4-12(3)11(15)14(9(2)13-12)10-6-5-7-16-8-10/h9-10,13H,4-8H2,1-3H3. The Labute approximate surface area is 102 Å². The molecule has 0 aromatic rings. The minimum absolute atomic E-state index is 0.196. The van der Waals surface area contributed by atoms with Crippen LogP contribution in [-0.4, -0.2) is 40.1 Å². The van der Waals surface area contributed by atoms with Gasteiger partial charge in [-0.2, -0.15) is 11.8 Å². The van der Waals surface area contributed by atoms with Crippen LogP contribution in [0.25, 0.3) is 0 Å². The fraction of sp³-hybridized carbons (Fsp3) is 0.917. The Morgan fingerprint density at radius 3 is 2.88 bits per heavy atom. The van der Waals surface area contributed by atoms with Crippen LogP contribution in [0.3, 0.4) is 0 Å². The van der Waals surface area contributed by atoms with Crippen LogP contribution in [0, 0.1) is 0 Å². The summed E-state index contributed by atoms with van der Waals surface area (Å²) in [5, 5.41) is 3.44. The summed E-state index contributed by atoms with van der Waals surface area (Å²) >= 11 is 1.98. The number of nitrogens with one attached hydrogen (secondary N) is 1. The summed E-state index contributed by atoms with van der Waals surface area (Å²) in [6, 6.07) is 0.446. The van der Waals surface area contributed by atoms with E-state index in [1.807, 2.05) is 18.7 Å². The molecule has 0 saturated carbocycles. The monoisotopic (exact) mass is 242 g/mol. The lowest BCUT2D eigenvalue weighted by Crippen LogP contribution is -2.46. The number of carbonyl (C=O) groups is 1. The molecular formula is C12H22N2OS. The van der Waals surface area contributed by atoms with E-state index < -0.39 is 0 Å². The molecule has 4 heteroatoms. The highest BCUT2D eigenvalue weighted by atomic mass is 32.2. The summed E-state index contributed by atoms with van der Waals surface area (Å²) in [7, 11) is 0. The maximum atomic E-state index is 12.4. The lowest BCUT2D eigenvalue weighted by Gasteiger charge is -2.33. The molecule has 1 N–H and O–H groups in total. The van der Waals surface area contributed by atoms with Gasteiger partial charge in [0.1, 0.15) is 0 Å². The van der Waals surface area contributed by atoms with E-state index in [0.29, 0.717) is 11.9 Å². The van der Waals surface area contributed by atoms with Gasteiger partial charge < -0.3 is 4.90 Å². The lowest BCUT2D eigenvalue weighted by molar-refractivity contribution is -0.134. The third-order valence-electron chi connectivity index (χ3n) is 3.89. The second-order valence-corrected chi connectivity index (χ2v) is 6.24. The van der Waals surface area contributed by atoms with Gasteiger partial charge in [0.05, 0.1) is 11.7 Å². The summed E-state index contributed by atoms with van der Waals surface area (Å²) < 4.78 is 0. The van der Waals surface area contributed by atoms with Crippen LogP contribution in [0.2, 0.25) is 0 Å². The highest BCUT2D eigenvalue weighted by Crippen LogP contribution is 2.30. The molecule has 0 aromatic carbocycles. The molecule has 2 saturated heterocycles. The first kappa shape index (κ1) is 12.2. The van der Waals surface area contributed by atoms with Gasteiger partial charge in [-0.3, -0.25) is 10.1 Å². The normalized spacial score (nSPS) is 40.4. The van der Waals surface area contributed by atoms with Crippen LogP contribution in [0.1, 0.15) is 40.0 Å². The summed E-state index contributed by atoms with van der Waals surface area (Å²) in [6.07, 6.45) is 3.48. The maximum absolute atomic E-state index is 12.4. The topological polar surface area (TPSA) is 32.3 Å². The van der Waals surface area contributed by atoms with Crippen molar-refractivity contribution >= 4 is 17.7 Å². The molecule has 0 spiro atoms. The van der Waals surface area contributed by atoms with Crippen LogP contribution in [-0.2, 0) is 4.79 Å². The third-order valence-corrected chi connectivity index (χ3v) is 5.09. The van der Waals surface area contributed by atoms with Crippen molar-refractivity contribution in [2.24, 2.45) is 0 Å². The van der Waals surface area contributed by atoms with Crippen LogP contribution < -0.4 is 5.32 Å². The van der Waals surface area contributed by atoms with Crippen molar-refractivity contribution < 1.29 is 4.79 Å². The molecule has 3 nitrogen and oxygen atoms in total. The fourth-order valence-electron chi connectivity index (χ4n) is 2.73. The largest absolute Gasteiger partial charge is 0.322 e. The van der Waals surface area contributed by atoms with E-state index in [1.54, 1.807) is 0 Å². The van der Waals surface area contributed by atoms with Crippen LogP contribution in [0.5, 0.6) is 0 Å². The van der Waals surface area contributed by atoms with E-state index in [2.05, 4.69) is 24.1 Å². The van der Waals surface area contributed by atoms with E-state index in [0.717, 1.165) is 12.2 Å². The van der Waals surface area contributed by atoms with Gasteiger partial charge in [-0.25, -0.2) is 0 Å². The molecule has 1 amide bonds. The van der Waals surface area contributed by atoms with Crippen LogP contribution in [0.15, 0.2) is 0 Å². The number of rotatable bonds is 2. The van der Waals surface area contributed by atoms with Crippen molar-refractivity contribution in [2.75, 3.05) is 11.5 Å². The molecule has 2 heterocycles. The van der Waals surface area contributed by atoms with E-state index >= 15 is 0 Å². The molecule has 2 aliphatic rings. The van der Waals surface area contributed by atoms with Crippen molar-refractivity contribution in [1.82, 2.24) is 10.2 Å². The molecule has 0 aliphatic carbocycles. The zero-order valence-corrected chi connectivity index (χ0v) is 11.3. The molecule has 2 fully saturated rings. The molecule has 0 aromatic heterocycles. The Kier molecular flexibility index (Phi) is 3.50. The highest BCUT2D eigenvalue weighted by Gasteiger charge is 2.47. The predicted octanol–water partition coefficient (Wildman–Crippen LogP) is 1.83. The van der Waals surface area contributed by atoms with Crippen molar-refractivity contribution in [1.29, 1.82) is 0 Å². The van der Waals surface area contributed by atoms with Crippen molar-refractivity contribution in [3.63, 3.8) is 0 Å². The van der Waals surface area contributed by atoms with Crippen molar-refractivity contribution in [3.05, 3.63) is 0 Å². The molecule has 3 atom stereocenters. The van der Waals surface area contributed by atoms with E-state index in [1.165, 1.54) is 18.6 Å². The van der Waals surface area contributed by atoms with E-state index in [-0.39, 0.29) is 11.7 Å². The molecule has 0 bridgehead atoms. The predicted molar refractivity (Wildman–Crippen MR) is 68.5 cm³/mol. The lowest BCUT2D eigenvalue weighted by atomic mass is 9.98. The van der Waals surface area contributed by atoms with Gasteiger partial charge in [0.15, 0.2) is 0 Å². The molecule has 2 rings (SSSR count). The summed E-state index contributed by atoms with van der Waals surface area (Å²) in [5.74, 6) is 2.66. The first-order chi connectivity index (χ1) is 7.58. The number of carbonyl (C=O) groups excluding carboxylic acids is 1. The number of hydrogen-bond acceptors (Lipinski definition) is 3. The molecule has 16 heavy (non-hydrogen) atoms. The quantitative estimate of drug-likeness (QED) is 0.802. The van der Waals surface area contributed by atoms with Gasteiger partial charge in [-0.1, -0.05) is 6.92 Å². The highest BCUT2D eigenvalue weighted by molar-refractivity contribution is 7.99. The van der Waals surface area contributed by atoms with Crippen molar-refractivity contribution in [2.45, 2.75) is 57.8 Å². The summed E-state index contributed by atoms with van der Waals surface area (Å²) in [6.45, 7) is 6.22. The number of nitrogens with zero attached hydrogens (tertiary/aromatic N) is 1. The van der Waals surface area contributed by atoms with Crippen molar-refractivity contribution in [3.8, 4) is 0 Å². The number of hydrogen-bond donors (Lipinski definition) is 1. The van der Waals surface area contributed by atoms with Gasteiger partial charge in [0, 0.05) is 11.8 Å². The van der Waals surface area contributed by atoms with Gasteiger partial charge >= 0.3 is 0 Å². The molecule has 0 radical (unpaired) electrons. The Balaban J connectivity index is 2.12. The van der Waals surface area contributed by atoms with Gasteiger partial charge in [0.2, 0.25) is 5.91 Å². The molecule has 3 unspecified atom stereocenters. The Morgan fingerprint density at radius 1 is 1.62 bits per heavy atom. The number of thioether (sulfide) groups is 1. The number of amides is 1. The average Bonchev–Trinajstić information content (AvgIpc) is 2.52. The van der Waals surface area contributed by atoms with Gasteiger partial charge in [-0.15, -0.1) is 0 Å². The Hall–Kier alpha value is -0.220. The summed E-state index contributed by atoms with van der Waals surface area (Å²) in [4.78, 5) is 14.5. The Morgan fingerprint density at radius 2 is 2.38 bits per heavy atom. The molecular weight excluding hydrogens is 220 g/mol. The fourth-order valence-corrected chi connectivity index (χ4v) is 3.87. The van der Waals surface area contributed by atoms with Gasteiger partial charge in [0.25, 0.3) is 0 Å². The van der Waals surface area contributed by atoms with Crippen LogP contribution in [0.4, 0.5) is 0 Å². The van der Waals surface area contributed by atoms with E-state index in [9.17, 15) is 4.79 Å². The Bertz CT molecular complexity index is 278. The van der Waals surface area contributed by atoms with Crippen LogP contribution >= 0.6 is 11.8 Å². The smallest absolute Gasteiger partial charge is 0.244 e. The third kappa shape index (κ3) is 1.97. The zero-order chi connectivity index (χ0) is 11.8. The minimum Gasteiger partial charge on any atom is -0.322 e. The molecule has 2 aliphatic heterocycles. The molecule has 92 valence electrons. The minimum atomic E-state index is -0.332. The maximum Gasteiger partial charge on any atom is 0.244 e. The first-order valence-corrected chi connectivity index (χ1v) is 7.42. The van der Waals surface area contributed by atoms with Gasteiger partial charge in [-0.05, 0) is 38.9 Å². The second-order valence-electron chi connectivity index (χ2n) is 5.09.